The van der Waals surface area contributed by atoms with E-state index in [-0.39, 0.29) is 17.8 Å². The highest BCUT2D eigenvalue weighted by atomic mass is 19.1. The first-order chi connectivity index (χ1) is 11.9. The molecule has 5 heteroatoms. The number of nitrogens with zero attached hydrogens (tertiary/aromatic N) is 3. The normalized spacial score (nSPS) is 17.0. The van der Waals surface area contributed by atoms with Crippen LogP contribution in [0.3, 0.4) is 0 Å². The van der Waals surface area contributed by atoms with Gasteiger partial charge in [0, 0.05) is 13.1 Å². The van der Waals surface area contributed by atoms with E-state index < -0.39 is 0 Å². The van der Waals surface area contributed by atoms with E-state index in [1.807, 2.05) is 30.9 Å². The van der Waals surface area contributed by atoms with Gasteiger partial charge < -0.3 is 4.90 Å². The molecule has 0 aliphatic carbocycles. The van der Waals surface area contributed by atoms with Gasteiger partial charge in [0.05, 0.1) is 11.7 Å². The number of carbonyl (C=O) groups excluding carboxylic acids is 1. The Balaban J connectivity index is 1.90. The Bertz CT molecular complexity index is 781. The number of hydrogen-bond acceptors (Lipinski definition) is 2. The molecule has 2 heterocycles. The molecular formula is C20H26FN3O. The van der Waals surface area contributed by atoms with E-state index in [9.17, 15) is 9.18 Å². The summed E-state index contributed by atoms with van der Waals surface area (Å²) < 4.78 is 15.4. The zero-order chi connectivity index (χ0) is 18.1. The standard InChI is InChI=1S/C20H26FN3O/c1-5-24-19(12-17(22-24)10-13(2)3)20(25)23-9-8-15-6-7-16(21)11-18(15)14(23)4/h6-7,11-14H,5,8-10H2,1-4H3. The van der Waals surface area contributed by atoms with Crippen molar-refractivity contribution in [3.8, 4) is 0 Å². The number of aromatic nitrogens is 2. The molecule has 4 nitrogen and oxygen atoms in total. The summed E-state index contributed by atoms with van der Waals surface area (Å²) in [5.41, 5.74) is 3.62. The van der Waals surface area contributed by atoms with E-state index in [1.54, 1.807) is 10.7 Å². The van der Waals surface area contributed by atoms with Crippen molar-refractivity contribution in [1.29, 1.82) is 0 Å². The van der Waals surface area contributed by atoms with Crippen molar-refractivity contribution < 1.29 is 9.18 Å². The second kappa shape index (κ2) is 6.98. The van der Waals surface area contributed by atoms with Crippen molar-refractivity contribution in [2.45, 2.75) is 53.1 Å². The topological polar surface area (TPSA) is 38.1 Å². The van der Waals surface area contributed by atoms with Gasteiger partial charge in [-0.3, -0.25) is 9.48 Å². The van der Waals surface area contributed by atoms with Crippen molar-refractivity contribution in [1.82, 2.24) is 14.7 Å². The number of rotatable bonds is 4. The van der Waals surface area contributed by atoms with Crippen LogP contribution < -0.4 is 0 Å². The van der Waals surface area contributed by atoms with Crippen LogP contribution in [0.1, 0.15) is 61.0 Å². The number of fused-ring (bicyclic) bond motifs is 1. The maximum atomic E-state index is 13.6. The van der Waals surface area contributed by atoms with Gasteiger partial charge >= 0.3 is 0 Å². The first-order valence-corrected chi connectivity index (χ1v) is 9.06. The Morgan fingerprint density at radius 2 is 2.12 bits per heavy atom. The Morgan fingerprint density at radius 1 is 1.36 bits per heavy atom. The minimum absolute atomic E-state index is 0.0215. The molecule has 0 radical (unpaired) electrons. The van der Waals surface area contributed by atoms with Crippen molar-refractivity contribution in [2.24, 2.45) is 5.92 Å². The molecule has 1 aromatic heterocycles. The smallest absolute Gasteiger partial charge is 0.272 e. The maximum absolute atomic E-state index is 13.6. The van der Waals surface area contributed by atoms with E-state index in [0.29, 0.717) is 24.7 Å². The van der Waals surface area contributed by atoms with Crippen LogP contribution in [-0.4, -0.2) is 27.1 Å². The molecule has 0 bridgehead atoms. The molecule has 0 saturated heterocycles. The summed E-state index contributed by atoms with van der Waals surface area (Å²) in [5, 5.41) is 4.58. The van der Waals surface area contributed by atoms with Crippen molar-refractivity contribution in [2.75, 3.05) is 6.54 Å². The molecule has 0 saturated carbocycles. The monoisotopic (exact) mass is 343 g/mol. The lowest BCUT2D eigenvalue weighted by Gasteiger charge is -2.35. The van der Waals surface area contributed by atoms with E-state index in [2.05, 4.69) is 18.9 Å². The summed E-state index contributed by atoms with van der Waals surface area (Å²) in [6.45, 7) is 9.55. The van der Waals surface area contributed by atoms with Gasteiger partial charge in [0.1, 0.15) is 11.5 Å². The third kappa shape index (κ3) is 3.46. The van der Waals surface area contributed by atoms with Gasteiger partial charge in [-0.2, -0.15) is 5.10 Å². The molecule has 1 aliphatic rings. The molecule has 0 N–H and O–H groups in total. The Hall–Kier alpha value is -2.17. The first-order valence-electron chi connectivity index (χ1n) is 9.06. The quantitative estimate of drug-likeness (QED) is 0.841. The molecule has 0 spiro atoms. The molecule has 25 heavy (non-hydrogen) atoms. The minimum atomic E-state index is -0.252. The number of benzene rings is 1. The van der Waals surface area contributed by atoms with Crippen LogP contribution in [-0.2, 0) is 19.4 Å². The van der Waals surface area contributed by atoms with Crippen LogP contribution in [0.5, 0.6) is 0 Å². The summed E-state index contributed by atoms with van der Waals surface area (Å²) >= 11 is 0. The van der Waals surface area contributed by atoms with E-state index in [4.69, 9.17) is 0 Å². The largest absolute Gasteiger partial charge is 0.330 e. The molecule has 1 aromatic carbocycles. The molecular weight excluding hydrogens is 317 g/mol. The molecule has 2 aromatic rings. The van der Waals surface area contributed by atoms with Gasteiger partial charge in [-0.25, -0.2) is 4.39 Å². The highest BCUT2D eigenvalue weighted by Crippen LogP contribution is 2.31. The van der Waals surface area contributed by atoms with E-state index in [0.717, 1.165) is 29.7 Å². The summed E-state index contributed by atoms with van der Waals surface area (Å²) in [7, 11) is 0. The Kier molecular flexibility index (Phi) is 4.93. The first kappa shape index (κ1) is 17.6. The average molecular weight is 343 g/mol. The van der Waals surface area contributed by atoms with Crippen LogP contribution in [0.2, 0.25) is 0 Å². The highest BCUT2D eigenvalue weighted by molar-refractivity contribution is 5.93. The lowest BCUT2D eigenvalue weighted by Crippen LogP contribution is -2.39. The van der Waals surface area contributed by atoms with Gasteiger partial charge in [-0.15, -0.1) is 0 Å². The zero-order valence-electron chi connectivity index (χ0n) is 15.4. The third-order valence-electron chi connectivity index (χ3n) is 4.88. The molecule has 1 atom stereocenters. The lowest BCUT2D eigenvalue weighted by atomic mass is 9.93. The predicted molar refractivity (Wildman–Crippen MR) is 96.0 cm³/mol. The van der Waals surface area contributed by atoms with Crippen molar-refractivity contribution >= 4 is 5.91 Å². The Labute approximate surface area is 148 Å². The van der Waals surface area contributed by atoms with Gasteiger partial charge in [-0.1, -0.05) is 19.9 Å². The summed E-state index contributed by atoms with van der Waals surface area (Å²) in [6.07, 6.45) is 1.61. The molecule has 3 rings (SSSR count). The molecule has 0 fully saturated rings. The fourth-order valence-electron chi connectivity index (χ4n) is 3.61. The van der Waals surface area contributed by atoms with Crippen LogP contribution in [0.25, 0.3) is 0 Å². The summed E-state index contributed by atoms with van der Waals surface area (Å²) in [5.74, 6) is 0.219. The summed E-state index contributed by atoms with van der Waals surface area (Å²) in [4.78, 5) is 15.0. The molecule has 1 aliphatic heterocycles. The molecule has 1 amide bonds. The van der Waals surface area contributed by atoms with Crippen LogP contribution >= 0.6 is 0 Å². The second-order valence-corrected chi connectivity index (χ2v) is 7.20. The number of amides is 1. The van der Waals surface area contributed by atoms with Crippen molar-refractivity contribution in [3.63, 3.8) is 0 Å². The predicted octanol–water partition coefficient (Wildman–Crippen LogP) is 4.00. The van der Waals surface area contributed by atoms with E-state index >= 15 is 0 Å². The SMILES string of the molecule is CCn1nc(CC(C)C)cc1C(=O)N1CCc2ccc(F)cc2C1C. The van der Waals surface area contributed by atoms with Gasteiger partial charge in [-0.05, 0) is 61.9 Å². The number of carbonyl (C=O) groups is 1. The van der Waals surface area contributed by atoms with Crippen LogP contribution in [0.4, 0.5) is 4.39 Å². The zero-order valence-corrected chi connectivity index (χ0v) is 15.4. The van der Waals surface area contributed by atoms with Gasteiger partial charge in [0.15, 0.2) is 0 Å². The van der Waals surface area contributed by atoms with Crippen molar-refractivity contribution in [3.05, 3.63) is 52.6 Å². The average Bonchev–Trinajstić information content (AvgIpc) is 2.97. The fraction of sp³-hybridized carbons (Fsp3) is 0.500. The summed E-state index contributed by atoms with van der Waals surface area (Å²) in [6, 6.07) is 6.66. The maximum Gasteiger partial charge on any atom is 0.272 e. The van der Waals surface area contributed by atoms with Gasteiger partial charge in [0.25, 0.3) is 5.91 Å². The number of halogens is 1. The Morgan fingerprint density at radius 3 is 2.80 bits per heavy atom. The lowest BCUT2D eigenvalue weighted by molar-refractivity contribution is 0.0664. The van der Waals surface area contributed by atoms with E-state index in [1.165, 1.54) is 6.07 Å². The number of aryl methyl sites for hydroxylation is 1. The highest BCUT2D eigenvalue weighted by Gasteiger charge is 2.30. The second-order valence-electron chi connectivity index (χ2n) is 7.20. The minimum Gasteiger partial charge on any atom is -0.330 e. The fourth-order valence-corrected chi connectivity index (χ4v) is 3.61. The van der Waals surface area contributed by atoms with Crippen LogP contribution in [0, 0.1) is 11.7 Å². The molecule has 134 valence electrons. The third-order valence-corrected chi connectivity index (χ3v) is 4.88. The van der Waals surface area contributed by atoms with Gasteiger partial charge in [0.2, 0.25) is 0 Å². The molecule has 1 unspecified atom stereocenters. The van der Waals surface area contributed by atoms with Crippen LogP contribution in [0.15, 0.2) is 24.3 Å². The number of hydrogen-bond donors (Lipinski definition) is 0.